The third-order valence-corrected chi connectivity index (χ3v) is 5.95. The van der Waals surface area contributed by atoms with Crippen molar-refractivity contribution in [3.05, 3.63) is 86.9 Å². The fraction of sp³-hybridized carbons (Fsp3) is 0.0870. The van der Waals surface area contributed by atoms with Crippen LogP contribution < -0.4 is 10.2 Å². The number of nitrogens with zero attached hydrogens (tertiary/aromatic N) is 2. The number of imide groups is 2. The number of para-hydroxylation sites is 1. The molecule has 162 valence electrons. The predicted molar refractivity (Wildman–Crippen MR) is 121 cm³/mol. The number of nitrogens with one attached hydrogen (secondary N) is 1. The molecule has 0 unspecified atom stereocenters. The van der Waals surface area contributed by atoms with Gasteiger partial charge in [-0.1, -0.05) is 41.4 Å². The summed E-state index contributed by atoms with van der Waals surface area (Å²) in [5.74, 6) is -2.10. The molecular formula is C23H16Cl2FN3O3. The van der Waals surface area contributed by atoms with Gasteiger partial charge in [-0.05, 0) is 55.8 Å². The molecule has 0 bridgehead atoms. The summed E-state index contributed by atoms with van der Waals surface area (Å²) in [6, 6.07) is 11.6. The molecule has 3 aromatic rings. The zero-order valence-electron chi connectivity index (χ0n) is 16.9. The first kappa shape index (κ1) is 21.8. The number of hydrogen-bond acceptors (Lipinski definition) is 3. The monoisotopic (exact) mass is 471 g/mol. The summed E-state index contributed by atoms with van der Waals surface area (Å²) in [7, 11) is 0. The predicted octanol–water partition coefficient (Wildman–Crippen LogP) is 5.21. The Morgan fingerprint density at radius 2 is 1.66 bits per heavy atom. The molecule has 4 amide bonds. The maximum absolute atomic E-state index is 14.4. The van der Waals surface area contributed by atoms with Gasteiger partial charge >= 0.3 is 6.03 Å². The lowest BCUT2D eigenvalue weighted by molar-refractivity contribution is -0.122. The summed E-state index contributed by atoms with van der Waals surface area (Å²) in [5.41, 5.74) is 1.97. The molecule has 1 aliphatic rings. The molecule has 1 aromatic heterocycles. The lowest BCUT2D eigenvalue weighted by atomic mass is 10.1. The Bertz CT molecular complexity index is 1330. The highest BCUT2D eigenvalue weighted by molar-refractivity contribution is 6.46. The first-order valence-corrected chi connectivity index (χ1v) is 10.3. The lowest BCUT2D eigenvalue weighted by Crippen LogP contribution is -2.54. The number of barbiturate groups is 1. The zero-order chi connectivity index (χ0) is 23.2. The SMILES string of the molecule is Cc1cc(/C=C2\C(=O)NC(=O)N(c3cccc(Cl)c3Cl)C2=O)c(C)n1-c1ccccc1F. The van der Waals surface area contributed by atoms with Crippen LogP contribution in [0.3, 0.4) is 0 Å². The Labute approximate surface area is 192 Å². The van der Waals surface area contributed by atoms with E-state index in [4.69, 9.17) is 23.2 Å². The standard InChI is InChI=1S/C23H16Cl2FN3O3/c1-12-10-14(13(2)28(12)18-8-4-3-7-17(18)26)11-15-21(30)27-23(32)29(22(15)31)19-9-5-6-16(24)20(19)25/h3-11H,1-2H3,(H,27,30,32)/b15-11+. The number of amides is 4. The van der Waals surface area contributed by atoms with Crippen molar-refractivity contribution in [1.82, 2.24) is 9.88 Å². The third kappa shape index (κ3) is 3.59. The number of benzene rings is 2. The lowest BCUT2D eigenvalue weighted by Gasteiger charge is -2.27. The first-order chi connectivity index (χ1) is 15.2. The van der Waals surface area contributed by atoms with Crippen LogP contribution in [0.2, 0.25) is 10.0 Å². The van der Waals surface area contributed by atoms with Crippen molar-refractivity contribution in [3.8, 4) is 5.69 Å². The minimum atomic E-state index is -0.932. The van der Waals surface area contributed by atoms with Gasteiger partial charge in [0.15, 0.2) is 0 Å². The van der Waals surface area contributed by atoms with E-state index < -0.39 is 23.7 Å². The van der Waals surface area contributed by atoms with Crippen molar-refractivity contribution in [2.24, 2.45) is 0 Å². The first-order valence-electron chi connectivity index (χ1n) is 9.50. The van der Waals surface area contributed by atoms with Crippen LogP contribution in [0.1, 0.15) is 17.0 Å². The average Bonchev–Trinajstić information content (AvgIpc) is 3.01. The molecule has 1 saturated heterocycles. The molecule has 6 nitrogen and oxygen atoms in total. The van der Waals surface area contributed by atoms with Crippen molar-refractivity contribution in [2.75, 3.05) is 4.90 Å². The van der Waals surface area contributed by atoms with Crippen LogP contribution in [-0.4, -0.2) is 22.4 Å². The maximum atomic E-state index is 14.4. The van der Waals surface area contributed by atoms with Crippen LogP contribution in [-0.2, 0) is 9.59 Å². The number of aryl methyl sites for hydroxylation is 1. The number of hydrogen-bond donors (Lipinski definition) is 1. The van der Waals surface area contributed by atoms with Crippen molar-refractivity contribution in [3.63, 3.8) is 0 Å². The van der Waals surface area contributed by atoms with Crippen LogP contribution in [0.15, 0.2) is 54.1 Å². The van der Waals surface area contributed by atoms with E-state index in [2.05, 4.69) is 5.32 Å². The second kappa shape index (κ2) is 8.26. The summed E-state index contributed by atoms with van der Waals surface area (Å²) in [6.45, 7) is 3.53. The molecule has 0 spiro atoms. The van der Waals surface area contributed by atoms with Gasteiger partial charge in [0.1, 0.15) is 11.4 Å². The second-order valence-electron chi connectivity index (χ2n) is 7.14. The Morgan fingerprint density at radius 3 is 2.38 bits per heavy atom. The normalized spacial score (nSPS) is 15.5. The van der Waals surface area contributed by atoms with Gasteiger partial charge in [0, 0.05) is 11.4 Å². The smallest absolute Gasteiger partial charge is 0.315 e. The van der Waals surface area contributed by atoms with Crippen LogP contribution in [0, 0.1) is 19.7 Å². The molecule has 1 aliphatic heterocycles. The molecule has 0 aliphatic carbocycles. The van der Waals surface area contributed by atoms with E-state index in [1.165, 1.54) is 30.3 Å². The van der Waals surface area contributed by atoms with Crippen molar-refractivity contribution in [2.45, 2.75) is 13.8 Å². The second-order valence-corrected chi connectivity index (χ2v) is 7.93. The quantitative estimate of drug-likeness (QED) is 0.421. The van der Waals surface area contributed by atoms with E-state index >= 15 is 0 Å². The number of carbonyl (C=O) groups excluding carboxylic acids is 3. The molecule has 4 rings (SSSR count). The number of urea groups is 1. The van der Waals surface area contributed by atoms with Gasteiger partial charge in [0.2, 0.25) is 0 Å². The maximum Gasteiger partial charge on any atom is 0.336 e. The van der Waals surface area contributed by atoms with E-state index in [0.717, 1.165) is 4.90 Å². The summed E-state index contributed by atoms with van der Waals surface area (Å²) in [5, 5.41) is 2.30. The molecule has 2 heterocycles. The summed E-state index contributed by atoms with van der Waals surface area (Å²) < 4.78 is 16.0. The number of aromatic nitrogens is 1. The van der Waals surface area contributed by atoms with E-state index in [9.17, 15) is 18.8 Å². The average molecular weight is 472 g/mol. The Balaban J connectivity index is 1.81. The van der Waals surface area contributed by atoms with E-state index in [-0.39, 0.29) is 21.3 Å². The van der Waals surface area contributed by atoms with Gasteiger partial charge in [-0.15, -0.1) is 0 Å². The van der Waals surface area contributed by atoms with Crippen molar-refractivity contribution in [1.29, 1.82) is 0 Å². The summed E-state index contributed by atoms with van der Waals surface area (Å²) in [4.78, 5) is 38.8. The van der Waals surface area contributed by atoms with Crippen molar-refractivity contribution < 1.29 is 18.8 Å². The van der Waals surface area contributed by atoms with E-state index in [1.54, 1.807) is 42.7 Å². The molecule has 2 aromatic carbocycles. The number of anilines is 1. The molecule has 1 N–H and O–H groups in total. The van der Waals surface area contributed by atoms with Gasteiger partial charge in [0.25, 0.3) is 11.8 Å². The fourth-order valence-electron chi connectivity index (χ4n) is 3.63. The van der Waals surface area contributed by atoms with Crippen LogP contribution in [0.4, 0.5) is 14.9 Å². The highest BCUT2D eigenvalue weighted by Crippen LogP contribution is 2.34. The van der Waals surface area contributed by atoms with E-state index in [0.29, 0.717) is 22.6 Å². The van der Waals surface area contributed by atoms with Gasteiger partial charge in [-0.25, -0.2) is 14.1 Å². The van der Waals surface area contributed by atoms with Gasteiger partial charge in [-0.2, -0.15) is 0 Å². The highest BCUT2D eigenvalue weighted by Gasteiger charge is 2.38. The Kier molecular flexibility index (Phi) is 5.62. The molecule has 0 saturated carbocycles. The minimum Gasteiger partial charge on any atom is -0.315 e. The van der Waals surface area contributed by atoms with E-state index in [1.807, 2.05) is 0 Å². The topological polar surface area (TPSA) is 71.4 Å². The number of carbonyl (C=O) groups is 3. The molecule has 0 radical (unpaired) electrons. The van der Waals surface area contributed by atoms with Crippen LogP contribution in [0.5, 0.6) is 0 Å². The number of rotatable bonds is 3. The fourth-order valence-corrected chi connectivity index (χ4v) is 4.01. The van der Waals surface area contributed by atoms with Crippen LogP contribution >= 0.6 is 23.2 Å². The summed E-state index contributed by atoms with van der Waals surface area (Å²) in [6.07, 6.45) is 1.37. The molecule has 1 fully saturated rings. The van der Waals surface area contributed by atoms with Crippen molar-refractivity contribution >= 4 is 52.8 Å². The third-order valence-electron chi connectivity index (χ3n) is 5.14. The van der Waals surface area contributed by atoms with Gasteiger partial charge in [0.05, 0.1) is 21.4 Å². The zero-order valence-corrected chi connectivity index (χ0v) is 18.5. The highest BCUT2D eigenvalue weighted by atomic mass is 35.5. The van der Waals surface area contributed by atoms with Gasteiger partial charge < -0.3 is 4.57 Å². The molecule has 0 atom stereocenters. The molecular weight excluding hydrogens is 456 g/mol. The van der Waals surface area contributed by atoms with Crippen LogP contribution in [0.25, 0.3) is 11.8 Å². The molecule has 9 heteroatoms. The Hall–Kier alpha value is -3.42. The van der Waals surface area contributed by atoms with Gasteiger partial charge in [-0.3, -0.25) is 14.9 Å². The number of halogens is 3. The largest absolute Gasteiger partial charge is 0.336 e. The Morgan fingerprint density at radius 1 is 0.969 bits per heavy atom. The minimum absolute atomic E-state index is 0.00379. The molecule has 32 heavy (non-hydrogen) atoms. The summed E-state index contributed by atoms with van der Waals surface area (Å²) >= 11 is 12.2.